The Balaban J connectivity index is 0.00000200. The number of hydrogen-bond acceptors (Lipinski definition) is 4. The van der Waals surface area contributed by atoms with Crippen LogP contribution in [0.25, 0.3) is 0 Å². The highest BCUT2D eigenvalue weighted by molar-refractivity contribution is 5.89. The third-order valence-electron chi connectivity index (χ3n) is 3.24. The predicted octanol–water partition coefficient (Wildman–Crippen LogP) is 2.55. The SMILES string of the molecule is CCOC(=O)c1ccc(COC2CCNCC2)cc1.Cl. The van der Waals surface area contributed by atoms with Crippen LogP contribution >= 0.6 is 12.4 Å². The molecule has 0 atom stereocenters. The van der Waals surface area contributed by atoms with Crippen molar-refractivity contribution in [2.75, 3.05) is 19.7 Å². The van der Waals surface area contributed by atoms with E-state index in [-0.39, 0.29) is 18.4 Å². The molecule has 1 aliphatic rings. The Hall–Kier alpha value is -1.10. The molecular weight excluding hydrogens is 278 g/mol. The van der Waals surface area contributed by atoms with E-state index in [9.17, 15) is 4.79 Å². The third kappa shape index (κ3) is 5.12. The van der Waals surface area contributed by atoms with E-state index in [1.165, 1.54) is 0 Å². The highest BCUT2D eigenvalue weighted by atomic mass is 35.5. The maximum absolute atomic E-state index is 11.5. The van der Waals surface area contributed by atoms with Crippen LogP contribution in [0.4, 0.5) is 0 Å². The first kappa shape index (κ1) is 17.0. The molecule has 1 heterocycles. The van der Waals surface area contributed by atoms with Crippen molar-refractivity contribution in [3.63, 3.8) is 0 Å². The average Bonchev–Trinajstić information content (AvgIpc) is 2.47. The number of carbonyl (C=O) groups excluding carboxylic acids is 1. The molecule has 0 radical (unpaired) electrons. The normalized spacial score (nSPS) is 15.4. The van der Waals surface area contributed by atoms with Gasteiger partial charge in [-0.15, -0.1) is 12.4 Å². The van der Waals surface area contributed by atoms with Gasteiger partial charge < -0.3 is 14.8 Å². The lowest BCUT2D eigenvalue weighted by Gasteiger charge is -2.22. The first-order valence-corrected chi connectivity index (χ1v) is 6.88. The molecule has 4 nitrogen and oxygen atoms in total. The van der Waals surface area contributed by atoms with Gasteiger partial charge in [0.2, 0.25) is 0 Å². The second kappa shape index (κ2) is 8.95. The molecule has 0 unspecified atom stereocenters. The molecule has 0 aliphatic carbocycles. The molecule has 0 spiro atoms. The van der Waals surface area contributed by atoms with Gasteiger partial charge in [0.15, 0.2) is 0 Å². The number of halogens is 1. The summed E-state index contributed by atoms with van der Waals surface area (Å²) in [6.07, 6.45) is 2.49. The van der Waals surface area contributed by atoms with Crippen molar-refractivity contribution < 1.29 is 14.3 Å². The Morgan fingerprint density at radius 1 is 1.25 bits per heavy atom. The smallest absolute Gasteiger partial charge is 0.338 e. The minimum Gasteiger partial charge on any atom is -0.462 e. The molecule has 0 aromatic heterocycles. The summed E-state index contributed by atoms with van der Waals surface area (Å²) >= 11 is 0. The fourth-order valence-corrected chi connectivity index (χ4v) is 2.13. The lowest BCUT2D eigenvalue weighted by Crippen LogP contribution is -2.32. The summed E-state index contributed by atoms with van der Waals surface area (Å²) in [6.45, 7) is 4.88. The van der Waals surface area contributed by atoms with E-state index in [4.69, 9.17) is 9.47 Å². The molecule has 1 aromatic rings. The number of benzene rings is 1. The minimum absolute atomic E-state index is 0. The number of rotatable bonds is 5. The van der Waals surface area contributed by atoms with Crippen LogP contribution in [-0.4, -0.2) is 31.8 Å². The highest BCUT2D eigenvalue weighted by Crippen LogP contribution is 2.12. The second-order valence-corrected chi connectivity index (χ2v) is 4.68. The van der Waals surface area contributed by atoms with Crippen LogP contribution in [0.5, 0.6) is 0 Å². The van der Waals surface area contributed by atoms with Crippen LogP contribution in [-0.2, 0) is 16.1 Å². The summed E-state index contributed by atoms with van der Waals surface area (Å²) in [6, 6.07) is 7.43. The van der Waals surface area contributed by atoms with Gasteiger partial charge in [0.1, 0.15) is 0 Å². The molecule has 0 amide bonds. The molecule has 0 saturated carbocycles. The Labute approximate surface area is 126 Å². The molecule has 2 rings (SSSR count). The molecule has 0 bridgehead atoms. The number of hydrogen-bond donors (Lipinski definition) is 1. The molecular formula is C15H22ClNO3. The molecule has 112 valence electrons. The lowest BCUT2D eigenvalue weighted by atomic mass is 10.1. The monoisotopic (exact) mass is 299 g/mol. The van der Waals surface area contributed by atoms with Gasteiger partial charge in [-0.1, -0.05) is 12.1 Å². The van der Waals surface area contributed by atoms with E-state index in [0.717, 1.165) is 31.5 Å². The van der Waals surface area contributed by atoms with Gasteiger partial charge in [-0.05, 0) is 50.6 Å². The summed E-state index contributed by atoms with van der Waals surface area (Å²) in [5.74, 6) is -0.270. The average molecular weight is 300 g/mol. The van der Waals surface area contributed by atoms with Crippen molar-refractivity contribution in [3.05, 3.63) is 35.4 Å². The Bertz CT molecular complexity index is 402. The van der Waals surface area contributed by atoms with Gasteiger partial charge in [0, 0.05) is 0 Å². The van der Waals surface area contributed by atoms with E-state index in [0.29, 0.717) is 24.9 Å². The van der Waals surface area contributed by atoms with E-state index < -0.39 is 0 Å². The summed E-state index contributed by atoms with van der Waals surface area (Å²) in [5, 5.41) is 3.31. The van der Waals surface area contributed by atoms with Gasteiger partial charge >= 0.3 is 5.97 Å². The van der Waals surface area contributed by atoms with E-state index in [1.54, 1.807) is 19.1 Å². The van der Waals surface area contributed by atoms with Crippen LogP contribution in [0.15, 0.2) is 24.3 Å². The van der Waals surface area contributed by atoms with Crippen molar-refractivity contribution in [3.8, 4) is 0 Å². The summed E-state index contributed by atoms with van der Waals surface area (Å²) in [5.41, 5.74) is 1.68. The fraction of sp³-hybridized carbons (Fsp3) is 0.533. The van der Waals surface area contributed by atoms with Gasteiger partial charge in [-0.2, -0.15) is 0 Å². The van der Waals surface area contributed by atoms with Crippen molar-refractivity contribution in [1.29, 1.82) is 0 Å². The number of nitrogens with one attached hydrogen (secondary N) is 1. The van der Waals surface area contributed by atoms with E-state index in [2.05, 4.69) is 5.32 Å². The highest BCUT2D eigenvalue weighted by Gasteiger charge is 2.13. The standard InChI is InChI=1S/C15H21NO3.ClH/c1-2-18-15(17)13-5-3-12(4-6-13)11-19-14-7-9-16-10-8-14;/h3-6,14,16H,2,7-11H2,1H3;1H. The zero-order valence-electron chi connectivity index (χ0n) is 11.8. The zero-order chi connectivity index (χ0) is 13.5. The summed E-state index contributed by atoms with van der Waals surface area (Å²) in [4.78, 5) is 11.5. The maximum atomic E-state index is 11.5. The Morgan fingerprint density at radius 2 is 1.90 bits per heavy atom. The Morgan fingerprint density at radius 3 is 2.50 bits per heavy atom. The van der Waals surface area contributed by atoms with Crippen LogP contribution in [0, 0.1) is 0 Å². The van der Waals surface area contributed by atoms with Crippen molar-refractivity contribution in [2.24, 2.45) is 0 Å². The third-order valence-corrected chi connectivity index (χ3v) is 3.24. The topological polar surface area (TPSA) is 47.6 Å². The number of ether oxygens (including phenoxy) is 2. The molecule has 1 aromatic carbocycles. The first-order chi connectivity index (χ1) is 9.29. The van der Waals surface area contributed by atoms with E-state index in [1.807, 2.05) is 12.1 Å². The van der Waals surface area contributed by atoms with Crippen LogP contribution in [0.1, 0.15) is 35.7 Å². The fourth-order valence-electron chi connectivity index (χ4n) is 2.13. The lowest BCUT2D eigenvalue weighted by molar-refractivity contribution is 0.0212. The van der Waals surface area contributed by atoms with Crippen molar-refractivity contribution in [2.45, 2.75) is 32.5 Å². The van der Waals surface area contributed by atoms with Crippen molar-refractivity contribution in [1.82, 2.24) is 5.32 Å². The van der Waals surface area contributed by atoms with Gasteiger partial charge in [0.05, 0.1) is 24.9 Å². The minimum atomic E-state index is -0.270. The maximum Gasteiger partial charge on any atom is 0.338 e. The Kier molecular flexibility index (Phi) is 7.59. The number of carbonyl (C=O) groups is 1. The van der Waals surface area contributed by atoms with Crippen molar-refractivity contribution >= 4 is 18.4 Å². The van der Waals surface area contributed by atoms with Gasteiger partial charge in [-0.25, -0.2) is 4.79 Å². The predicted molar refractivity (Wildman–Crippen MR) is 80.3 cm³/mol. The number of esters is 1. The first-order valence-electron chi connectivity index (χ1n) is 6.88. The van der Waals surface area contributed by atoms with Crippen LogP contribution in [0.2, 0.25) is 0 Å². The van der Waals surface area contributed by atoms with Gasteiger partial charge in [-0.3, -0.25) is 0 Å². The zero-order valence-corrected chi connectivity index (χ0v) is 12.6. The van der Waals surface area contributed by atoms with Gasteiger partial charge in [0.25, 0.3) is 0 Å². The quantitative estimate of drug-likeness (QED) is 0.849. The molecule has 1 saturated heterocycles. The molecule has 1 fully saturated rings. The molecule has 20 heavy (non-hydrogen) atoms. The molecule has 1 N–H and O–H groups in total. The summed E-state index contributed by atoms with van der Waals surface area (Å²) < 4.78 is 10.8. The summed E-state index contributed by atoms with van der Waals surface area (Å²) in [7, 11) is 0. The van der Waals surface area contributed by atoms with Crippen LogP contribution < -0.4 is 5.32 Å². The number of piperidine rings is 1. The second-order valence-electron chi connectivity index (χ2n) is 4.68. The molecule has 5 heteroatoms. The van der Waals surface area contributed by atoms with Crippen LogP contribution in [0.3, 0.4) is 0 Å². The van der Waals surface area contributed by atoms with E-state index >= 15 is 0 Å². The largest absolute Gasteiger partial charge is 0.462 e. The molecule has 1 aliphatic heterocycles.